The van der Waals surface area contributed by atoms with Crippen LogP contribution in [0.2, 0.25) is 0 Å². The Hall–Kier alpha value is -2.40. The maximum absolute atomic E-state index is 14.4. The Morgan fingerprint density at radius 2 is 2.12 bits per heavy atom. The Balaban J connectivity index is 1.07. The van der Waals surface area contributed by atoms with E-state index in [0.29, 0.717) is 11.6 Å². The van der Waals surface area contributed by atoms with E-state index in [2.05, 4.69) is 25.4 Å². The number of halogens is 4. The molecule has 3 atom stereocenters. The Morgan fingerprint density at radius 1 is 1.26 bits per heavy atom. The summed E-state index contributed by atoms with van der Waals surface area (Å²) in [7, 11) is 1.98. The van der Waals surface area contributed by atoms with Crippen molar-refractivity contribution in [3.63, 3.8) is 0 Å². The lowest BCUT2D eigenvalue weighted by atomic mass is 9.97. The van der Waals surface area contributed by atoms with Crippen molar-refractivity contribution < 1.29 is 17.6 Å². The quantitative estimate of drug-likeness (QED) is 0.462. The highest BCUT2D eigenvalue weighted by atomic mass is 32.2. The molecule has 1 aromatic carbocycles. The first-order valence-electron chi connectivity index (χ1n) is 11.3. The first-order valence-corrected chi connectivity index (χ1v) is 12.3. The van der Waals surface area contributed by atoms with Gasteiger partial charge in [0.15, 0.2) is 11.3 Å². The molecule has 0 radical (unpaired) electrons. The normalized spacial score (nSPS) is 26.7. The van der Waals surface area contributed by atoms with Gasteiger partial charge in [-0.3, -0.25) is 10.4 Å². The number of amidine groups is 1. The predicted molar refractivity (Wildman–Crippen MR) is 123 cm³/mol. The minimum Gasteiger partial charge on any atom is -0.326 e. The van der Waals surface area contributed by atoms with Crippen molar-refractivity contribution in [1.29, 1.82) is 0 Å². The molecule has 2 aromatic rings. The second-order valence-corrected chi connectivity index (χ2v) is 10.4. The number of nitrogens with one attached hydrogen (secondary N) is 1. The highest BCUT2D eigenvalue weighted by Gasteiger charge is 2.58. The fourth-order valence-corrected chi connectivity index (χ4v) is 6.05. The number of benzene rings is 1. The number of alkyl halides is 3. The molecule has 1 unspecified atom stereocenters. The monoisotopic (exact) mass is 494 g/mol. The van der Waals surface area contributed by atoms with Gasteiger partial charge in [-0.15, -0.1) is 11.8 Å². The van der Waals surface area contributed by atoms with E-state index in [0.717, 1.165) is 62.2 Å². The zero-order valence-corrected chi connectivity index (χ0v) is 19.5. The highest BCUT2D eigenvalue weighted by Crippen LogP contribution is 2.64. The molecule has 2 fully saturated rings. The first kappa shape index (κ1) is 23.3. The zero-order chi connectivity index (χ0) is 23.9. The number of likely N-dealkylation sites (tertiary alicyclic amines) is 1. The van der Waals surface area contributed by atoms with E-state index in [9.17, 15) is 17.6 Å². The van der Waals surface area contributed by atoms with Gasteiger partial charge >= 0.3 is 6.18 Å². The van der Waals surface area contributed by atoms with Crippen LogP contribution in [0.25, 0.3) is 0 Å². The van der Waals surface area contributed by atoms with Crippen molar-refractivity contribution in [3.05, 3.63) is 59.4 Å². The van der Waals surface area contributed by atoms with Crippen LogP contribution in [0.3, 0.4) is 0 Å². The van der Waals surface area contributed by atoms with E-state index >= 15 is 0 Å². The molecule has 182 valence electrons. The molecule has 1 N–H and O–H groups in total. The smallest absolute Gasteiger partial charge is 0.326 e. The minimum absolute atomic E-state index is 0.0143. The number of thioether (sulfide) groups is 1. The molecule has 5 rings (SSSR count). The molecule has 0 amide bonds. The van der Waals surface area contributed by atoms with Crippen LogP contribution in [0.1, 0.15) is 42.0 Å². The highest BCUT2D eigenvalue weighted by molar-refractivity contribution is 7.99. The third kappa shape index (κ3) is 4.59. The SMILES string of the molecule is CN1C(c2cnccn2)=NNC1SCCCN1CC[C@]2(C[C@@H]2c2ccc(C(F)(F)F)cc2F)C1. The lowest BCUT2D eigenvalue weighted by Gasteiger charge is -2.22. The molecule has 3 heterocycles. The molecule has 34 heavy (non-hydrogen) atoms. The van der Waals surface area contributed by atoms with Crippen molar-refractivity contribution >= 4 is 17.6 Å². The van der Waals surface area contributed by atoms with Gasteiger partial charge < -0.3 is 9.80 Å². The number of hydrogen-bond acceptors (Lipinski definition) is 7. The van der Waals surface area contributed by atoms with Crippen LogP contribution in [0.15, 0.2) is 41.9 Å². The Bertz CT molecular complexity index is 1070. The average molecular weight is 495 g/mol. The van der Waals surface area contributed by atoms with Crippen LogP contribution in [-0.4, -0.2) is 63.5 Å². The van der Waals surface area contributed by atoms with Crippen LogP contribution in [0.4, 0.5) is 17.6 Å². The summed E-state index contributed by atoms with van der Waals surface area (Å²) in [4.78, 5) is 12.8. The second kappa shape index (κ2) is 8.99. The lowest BCUT2D eigenvalue weighted by Crippen LogP contribution is -2.35. The Kier molecular flexibility index (Phi) is 6.18. The van der Waals surface area contributed by atoms with Crippen LogP contribution in [0.5, 0.6) is 0 Å². The summed E-state index contributed by atoms with van der Waals surface area (Å²) in [5.74, 6) is 0.999. The van der Waals surface area contributed by atoms with Crippen LogP contribution in [0, 0.1) is 11.2 Å². The number of hydrogen-bond donors (Lipinski definition) is 1. The summed E-state index contributed by atoms with van der Waals surface area (Å²) < 4.78 is 52.9. The number of aromatic nitrogens is 2. The van der Waals surface area contributed by atoms with E-state index in [4.69, 9.17) is 0 Å². The van der Waals surface area contributed by atoms with E-state index in [1.807, 2.05) is 11.9 Å². The predicted octanol–water partition coefficient (Wildman–Crippen LogP) is 4.12. The van der Waals surface area contributed by atoms with Crippen molar-refractivity contribution in [2.45, 2.75) is 36.9 Å². The fraction of sp³-hybridized carbons (Fsp3) is 0.522. The number of hydrazone groups is 1. The largest absolute Gasteiger partial charge is 0.416 e. The van der Waals surface area contributed by atoms with Gasteiger partial charge in [-0.1, -0.05) is 6.07 Å². The maximum Gasteiger partial charge on any atom is 0.416 e. The topological polar surface area (TPSA) is 56.7 Å². The second-order valence-electron chi connectivity index (χ2n) is 9.22. The van der Waals surface area contributed by atoms with Crippen molar-refractivity contribution in [2.75, 3.05) is 32.4 Å². The summed E-state index contributed by atoms with van der Waals surface area (Å²) in [5.41, 5.74) is 3.43. The number of rotatable bonds is 7. The molecule has 1 spiro atoms. The fourth-order valence-electron chi connectivity index (χ4n) is 5.08. The maximum atomic E-state index is 14.4. The molecule has 2 aliphatic heterocycles. The summed E-state index contributed by atoms with van der Waals surface area (Å²) in [6, 6.07) is 2.97. The van der Waals surface area contributed by atoms with Crippen LogP contribution >= 0.6 is 11.8 Å². The van der Waals surface area contributed by atoms with Crippen molar-refractivity contribution in [3.8, 4) is 0 Å². The van der Waals surface area contributed by atoms with E-state index in [-0.39, 0.29) is 16.8 Å². The van der Waals surface area contributed by atoms with Gasteiger partial charge in [0.05, 0.1) is 11.8 Å². The van der Waals surface area contributed by atoms with Gasteiger partial charge in [0.1, 0.15) is 11.5 Å². The van der Waals surface area contributed by atoms with Crippen LogP contribution < -0.4 is 5.43 Å². The third-order valence-electron chi connectivity index (χ3n) is 7.01. The van der Waals surface area contributed by atoms with Gasteiger partial charge in [-0.05, 0) is 67.1 Å². The lowest BCUT2D eigenvalue weighted by molar-refractivity contribution is -0.137. The molecule has 1 aliphatic carbocycles. The van der Waals surface area contributed by atoms with Crippen molar-refractivity contribution in [1.82, 2.24) is 25.2 Å². The summed E-state index contributed by atoms with van der Waals surface area (Å²) in [6.07, 6.45) is 3.26. The summed E-state index contributed by atoms with van der Waals surface area (Å²) >= 11 is 1.78. The first-order chi connectivity index (χ1) is 16.3. The molecule has 0 bridgehead atoms. The molecule has 1 saturated carbocycles. The third-order valence-corrected chi connectivity index (χ3v) is 8.27. The zero-order valence-electron chi connectivity index (χ0n) is 18.7. The Labute approximate surface area is 199 Å². The average Bonchev–Trinajstić information content (AvgIpc) is 3.14. The number of nitrogens with zero attached hydrogens (tertiary/aromatic N) is 5. The molecule has 1 saturated heterocycles. The Morgan fingerprint density at radius 3 is 2.85 bits per heavy atom. The van der Waals surface area contributed by atoms with Gasteiger partial charge in [-0.25, -0.2) is 9.37 Å². The van der Waals surface area contributed by atoms with Crippen LogP contribution in [-0.2, 0) is 6.18 Å². The van der Waals surface area contributed by atoms with E-state index in [1.165, 1.54) is 6.07 Å². The van der Waals surface area contributed by atoms with Gasteiger partial charge in [-0.2, -0.15) is 18.3 Å². The van der Waals surface area contributed by atoms with Gasteiger partial charge in [0.2, 0.25) is 0 Å². The van der Waals surface area contributed by atoms with Crippen molar-refractivity contribution in [2.24, 2.45) is 10.5 Å². The molecular formula is C23H26F4N6S. The van der Waals surface area contributed by atoms with E-state index < -0.39 is 17.6 Å². The minimum atomic E-state index is -4.52. The molecule has 11 heteroatoms. The van der Waals surface area contributed by atoms with E-state index in [1.54, 1.807) is 30.4 Å². The summed E-state index contributed by atoms with van der Waals surface area (Å²) in [5, 5.41) is 4.38. The molecule has 1 aromatic heterocycles. The van der Waals surface area contributed by atoms with Gasteiger partial charge in [0.25, 0.3) is 0 Å². The summed E-state index contributed by atoms with van der Waals surface area (Å²) in [6.45, 7) is 2.78. The molecule has 6 nitrogen and oxygen atoms in total. The standard InChI is InChI=1S/C23H26F4N6S/c1-32-20(19-13-28-6-7-29-19)30-31-21(32)34-10-2-8-33-9-5-22(14-33)12-17(22)16-4-3-15(11-18(16)24)23(25,26)27/h3-4,6-7,11,13,17,21,31H,2,5,8-10,12,14H2,1H3/t17-,21?,22+/m1/s1. The van der Waals surface area contributed by atoms with Gasteiger partial charge in [0, 0.05) is 26.0 Å². The molecule has 3 aliphatic rings. The molecular weight excluding hydrogens is 468 g/mol.